The molecule has 0 unspecified atom stereocenters. The highest BCUT2D eigenvalue weighted by Crippen LogP contribution is 2.74. The van der Waals surface area contributed by atoms with Gasteiger partial charge in [0, 0.05) is 0 Å². The molecule has 0 aromatic heterocycles. The summed E-state index contributed by atoms with van der Waals surface area (Å²) < 4.78 is 0. The standard InChI is InChI=1S/C74H50/c1-9-29-51(30-10-1)71(52-31-11-2-12-32-52)63-47-27-25-45-59(63)67-69(71)61-49-66-62(50-65(61)73(67,55-37-17-5-18-38-55)56-39-19-6-20-40-56)70-68(74(66,57-41-21-7-22-42-57)58-43-23-8-24-44-58)60-46-26-28-48-64(60)72(70,53-33-13-3-14-34-53)54-35-15-4-16-36-54/h1-50H. The largest absolute Gasteiger partial charge is 0.0717 e. The van der Waals surface area contributed by atoms with Crippen molar-refractivity contribution in [3.8, 4) is 0 Å². The van der Waals surface area contributed by atoms with Gasteiger partial charge in [0.2, 0.25) is 0 Å². The summed E-state index contributed by atoms with van der Waals surface area (Å²) in [6.07, 6.45) is 0. The van der Waals surface area contributed by atoms with E-state index in [4.69, 9.17) is 0 Å². The molecule has 15 rings (SSSR count). The van der Waals surface area contributed by atoms with Crippen molar-refractivity contribution < 1.29 is 0 Å². The first-order chi connectivity index (χ1) is 36.8. The van der Waals surface area contributed by atoms with Crippen molar-refractivity contribution in [2.45, 2.75) is 21.7 Å². The Morgan fingerprint density at radius 3 is 0.554 bits per heavy atom. The van der Waals surface area contributed by atoms with Gasteiger partial charge in [0.1, 0.15) is 0 Å². The van der Waals surface area contributed by atoms with Crippen LogP contribution in [0.5, 0.6) is 0 Å². The van der Waals surface area contributed by atoms with E-state index in [1.807, 2.05) is 0 Å². The average Bonchev–Trinajstić information content (AvgIpc) is 4.20. The molecule has 0 radical (unpaired) electrons. The lowest BCUT2D eigenvalue weighted by Crippen LogP contribution is -2.33. The first-order valence-electron chi connectivity index (χ1n) is 26.1. The molecule has 11 aromatic carbocycles. The number of rotatable bonds is 8. The predicted molar refractivity (Wildman–Crippen MR) is 304 cm³/mol. The fourth-order valence-corrected chi connectivity index (χ4v) is 14.9. The van der Waals surface area contributed by atoms with Gasteiger partial charge >= 0.3 is 0 Å². The lowest BCUT2D eigenvalue weighted by molar-refractivity contribution is 0.781. The summed E-state index contributed by atoms with van der Waals surface area (Å²) in [6.45, 7) is 0. The van der Waals surface area contributed by atoms with Crippen molar-refractivity contribution in [1.29, 1.82) is 0 Å². The molecule has 346 valence electrons. The number of benzene rings is 11. The van der Waals surface area contributed by atoms with E-state index in [1.165, 1.54) is 111 Å². The molecule has 0 fully saturated rings. The molecule has 0 saturated carbocycles. The monoisotopic (exact) mass is 938 g/mol. The Bertz CT molecular complexity index is 3580. The summed E-state index contributed by atoms with van der Waals surface area (Å²) in [4.78, 5) is 0. The van der Waals surface area contributed by atoms with E-state index >= 15 is 0 Å². The van der Waals surface area contributed by atoms with Gasteiger partial charge in [-0.05, 0) is 123 Å². The van der Waals surface area contributed by atoms with Crippen LogP contribution in [0.15, 0.2) is 303 Å². The number of hydrogen-bond acceptors (Lipinski definition) is 0. The molecular weight excluding hydrogens is 889 g/mol. The molecule has 0 spiro atoms. The summed E-state index contributed by atoms with van der Waals surface area (Å²) in [5, 5.41) is 0. The zero-order valence-electron chi connectivity index (χ0n) is 40.9. The van der Waals surface area contributed by atoms with E-state index in [1.54, 1.807) is 0 Å². The fraction of sp³-hybridized carbons (Fsp3) is 0.0541. The third-order valence-electron chi connectivity index (χ3n) is 17.4. The van der Waals surface area contributed by atoms with E-state index in [0.717, 1.165) is 0 Å². The molecule has 74 heavy (non-hydrogen) atoms. The van der Waals surface area contributed by atoms with Crippen molar-refractivity contribution in [3.05, 3.63) is 392 Å². The summed E-state index contributed by atoms with van der Waals surface area (Å²) in [5.41, 5.74) is 23.0. The van der Waals surface area contributed by atoms with E-state index in [9.17, 15) is 0 Å². The molecule has 0 N–H and O–H groups in total. The summed E-state index contributed by atoms with van der Waals surface area (Å²) in [5.74, 6) is 0. The third-order valence-corrected chi connectivity index (χ3v) is 17.4. The zero-order valence-corrected chi connectivity index (χ0v) is 40.9. The maximum absolute atomic E-state index is 2.71. The highest BCUT2D eigenvalue weighted by atomic mass is 14.6. The summed E-state index contributed by atoms with van der Waals surface area (Å²) in [6, 6.07) is 115. The van der Waals surface area contributed by atoms with Crippen LogP contribution in [0, 0.1) is 0 Å². The van der Waals surface area contributed by atoms with E-state index in [0.29, 0.717) is 0 Å². The third kappa shape index (κ3) is 5.32. The molecule has 0 bridgehead atoms. The van der Waals surface area contributed by atoms with Crippen LogP contribution in [0.2, 0.25) is 0 Å². The molecule has 0 heteroatoms. The van der Waals surface area contributed by atoms with Crippen molar-refractivity contribution in [1.82, 2.24) is 0 Å². The van der Waals surface area contributed by atoms with E-state index < -0.39 is 21.7 Å². The van der Waals surface area contributed by atoms with Crippen molar-refractivity contribution in [2.75, 3.05) is 0 Å². The fourth-order valence-electron chi connectivity index (χ4n) is 14.9. The predicted octanol–water partition coefficient (Wildman–Crippen LogP) is 16.9. The van der Waals surface area contributed by atoms with Crippen LogP contribution >= 0.6 is 0 Å². The van der Waals surface area contributed by atoms with Crippen molar-refractivity contribution >= 4 is 22.3 Å². The second-order valence-electron chi connectivity index (χ2n) is 20.5. The van der Waals surface area contributed by atoms with Crippen LogP contribution in [0.3, 0.4) is 0 Å². The Morgan fingerprint density at radius 1 is 0.149 bits per heavy atom. The second kappa shape index (κ2) is 16.2. The van der Waals surface area contributed by atoms with Crippen LogP contribution < -0.4 is 0 Å². The molecule has 11 aromatic rings. The van der Waals surface area contributed by atoms with Crippen LogP contribution in [-0.2, 0) is 21.7 Å². The van der Waals surface area contributed by atoms with Crippen LogP contribution in [-0.4, -0.2) is 0 Å². The Hall–Kier alpha value is -9.10. The van der Waals surface area contributed by atoms with Crippen LogP contribution in [0.25, 0.3) is 22.3 Å². The minimum atomic E-state index is -0.733. The SMILES string of the molecule is c1ccc(C2(c3ccccc3)C3=C(c4ccccc42)C(c2ccccc2)(c2ccccc2)c2cc4c(cc23)C(c2ccccc2)(c2ccccc2)C2=C4C(c3ccccc3)(c3ccccc3)c3ccccc32)cc1. The quantitative estimate of drug-likeness (QED) is 0.142. The Kier molecular flexibility index (Phi) is 9.32. The number of hydrogen-bond donors (Lipinski definition) is 0. The topological polar surface area (TPSA) is 0 Å². The highest BCUT2D eigenvalue weighted by Gasteiger charge is 2.63. The second-order valence-corrected chi connectivity index (χ2v) is 20.5. The van der Waals surface area contributed by atoms with Gasteiger partial charge in [-0.1, -0.05) is 291 Å². The first-order valence-corrected chi connectivity index (χ1v) is 26.1. The normalized spacial score (nSPS) is 16.4. The summed E-state index contributed by atoms with van der Waals surface area (Å²) in [7, 11) is 0. The van der Waals surface area contributed by atoms with Crippen molar-refractivity contribution in [2.24, 2.45) is 0 Å². The molecule has 4 aliphatic rings. The zero-order chi connectivity index (χ0) is 48.9. The van der Waals surface area contributed by atoms with Gasteiger partial charge in [0.05, 0.1) is 21.7 Å². The Labute approximate surface area is 434 Å². The molecule has 0 saturated heterocycles. The lowest BCUT2D eigenvalue weighted by atomic mass is 9.61. The van der Waals surface area contributed by atoms with E-state index in [-0.39, 0.29) is 0 Å². The van der Waals surface area contributed by atoms with Gasteiger partial charge in [-0.3, -0.25) is 0 Å². The van der Waals surface area contributed by atoms with Gasteiger partial charge in [-0.2, -0.15) is 0 Å². The van der Waals surface area contributed by atoms with Gasteiger partial charge in [-0.15, -0.1) is 0 Å². The minimum absolute atomic E-state index is 0.676. The first kappa shape index (κ1) is 42.6. The van der Waals surface area contributed by atoms with Crippen molar-refractivity contribution in [3.63, 3.8) is 0 Å². The van der Waals surface area contributed by atoms with Gasteiger partial charge in [-0.25, -0.2) is 0 Å². The van der Waals surface area contributed by atoms with Gasteiger partial charge in [0.15, 0.2) is 0 Å². The maximum Gasteiger partial charge on any atom is 0.0717 e. The molecular formula is C74H50. The lowest BCUT2D eigenvalue weighted by Gasteiger charge is -2.40. The average molecular weight is 939 g/mol. The van der Waals surface area contributed by atoms with E-state index in [2.05, 4.69) is 303 Å². The maximum atomic E-state index is 2.71. The molecule has 0 nitrogen and oxygen atoms in total. The van der Waals surface area contributed by atoms with Gasteiger partial charge in [0.25, 0.3) is 0 Å². The minimum Gasteiger partial charge on any atom is -0.0622 e. The number of allylic oxidation sites excluding steroid dienone is 4. The highest BCUT2D eigenvalue weighted by molar-refractivity contribution is 6.19. The van der Waals surface area contributed by atoms with Gasteiger partial charge < -0.3 is 0 Å². The van der Waals surface area contributed by atoms with Crippen LogP contribution in [0.4, 0.5) is 0 Å². The Balaban J connectivity index is 1.20. The molecule has 0 aliphatic heterocycles. The Morgan fingerprint density at radius 2 is 0.324 bits per heavy atom. The smallest absolute Gasteiger partial charge is 0.0622 e. The molecule has 0 amide bonds. The van der Waals surface area contributed by atoms with Crippen LogP contribution in [0.1, 0.15) is 89.0 Å². The number of fused-ring (bicyclic) bond motifs is 8. The molecule has 0 heterocycles. The molecule has 4 aliphatic carbocycles. The summed E-state index contributed by atoms with van der Waals surface area (Å²) >= 11 is 0. The molecule has 0 atom stereocenters.